The fraction of sp³-hybridized carbons (Fsp3) is 0.320. The molecule has 0 radical (unpaired) electrons. The first-order chi connectivity index (χ1) is 15.9. The second-order valence-electron chi connectivity index (χ2n) is 8.76. The minimum absolute atomic E-state index is 0.260. The Morgan fingerprint density at radius 1 is 1.27 bits per heavy atom. The van der Waals surface area contributed by atoms with Crippen molar-refractivity contribution in [2.45, 2.75) is 39.2 Å². The van der Waals surface area contributed by atoms with E-state index in [0.29, 0.717) is 23.7 Å². The Kier molecular flexibility index (Phi) is 5.36. The van der Waals surface area contributed by atoms with E-state index >= 15 is 0 Å². The minimum Gasteiger partial charge on any atom is -0.482 e. The molecule has 0 saturated heterocycles. The van der Waals surface area contributed by atoms with Crippen molar-refractivity contribution in [2.75, 3.05) is 12.3 Å². The Morgan fingerprint density at radius 2 is 2.09 bits per heavy atom. The van der Waals surface area contributed by atoms with Gasteiger partial charge in [-0.2, -0.15) is 5.10 Å². The molecule has 8 heteroatoms. The van der Waals surface area contributed by atoms with Crippen LogP contribution in [0.1, 0.15) is 48.4 Å². The first kappa shape index (κ1) is 21.2. The Bertz CT molecular complexity index is 1270. The van der Waals surface area contributed by atoms with Crippen LogP contribution in [0.15, 0.2) is 53.3 Å². The number of nitrogens with zero attached hydrogens (tertiary/aromatic N) is 4. The maximum absolute atomic E-state index is 14.3. The van der Waals surface area contributed by atoms with Gasteiger partial charge >= 0.3 is 0 Å². The van der Waals surface area contributed by atoms with Crippen LogP contribution in [-0.4, -0.2) is 27.0 Å². The van der Waals surface area contributed by atoms with E-state index < -0.39 is 6.10 Å². The summed E-state index contributed by atoms with van der Waals surface area (Å²) in [6.07, 6.45) is 5.70. The Balaban J connectivity index is 1.72. The Labute approximate surface area is 192 Å². The van der Waals surface area contributed by atoms with Crippen LogP contribution in [0.4, 0.5) is 10.2 Å². The molecule has 4 N–H and O–H groups in total. The lowest BCUT2D eigenvalue weighted by Crippen LogP contribution is -2.17. The van der Waals surface area contributed by atoms with E-state index in [0.717, 1.165) is 40.5 Å². The van der Waals surface area contributed by atoms with Gasteiger partial charge in [-0.15, -0.1) is 0 Å². The van der Waals surface area contributed by atoms with Gasteiger partial charge in [-0.1, -0.05) is 0 Å². The zero-order valence-corrected chi connectivity index (χ0v) is 18.8. The van der Waals surface area contributed by atoms with E-state index in [1.54, 1.807) is 18.5 Å². The molecule has 0 amide bonds. The summed E-state index contributed by atoms with van der Waals surface area (Å²) in [4.78, 5) is 9.30. The first-order valence-corrected chi connectivity index (χ1v) is 11.2. The van der Waals surface area contributed by atoms with Gasteiger partial charge in [-0.3, -0.25) is 4.99 Å². The van der Waals surface area contributed by atoms with E-state index in [2.05, 4.69) is 4.98 Å². The van der Waals surface area contributed by atoms with Gasteiger partial charge in [0.1, 0.15) is 11.9 Å². The summed E-state index contributed by atoms with van der Waals surface area (Å²) in [7, 11) is 0. The number of aryl methyl sites for hydroxylation is 1. The minimum atomic E-state index is -0.497. The van der Waals surface area contributed by atoms with Gasteiger partial charge in [-0.25, -0.2) is 14.1 Å². The van der Waals surface area contributed by atoms with Crippen LogP contribution in [0.3, 0.4) is 0 Å². The van der Waals surface area contributed by atoms with Gasteiger partial charge < -0.3 is 16.2 Å². The van der Waals surface area contributed by atoms with Gasteiger partial charge in [-0.05, 0) is 74.7 Å². The largest absolute Gasteiger partial charge is 0.482 e. The predicted molar refractivity (Wildman–Crippen MR) is 126 cm³/mol. The average Bonchev–Trinajstić information content (AvgIpc) is 3.55. The molecule has 0 spiro atoms. The maximum atomic E-state index is 14.3. The number of fused-ring (bicyclic) bond motifs is 5. The van der Waals surface area contributed by atoms with Crippen LogP contribution in [0.5, 0.6) is 5.75 Å². The molecule has 1 aliphatic carbocycles. The quantitative estimate of drug-likeness (QED) is 0.618. The number of hydrogen-bond acceptors (Lipinski definition) is 6. The zero-order valence-electron chi connectivity index (χ0n) is 18.8. The number of halogens is 1. The Hall–Kier alpha value is -3.68. The van der Waals surface area contributed by atoms with Crippen molar-refractivity contribution in [1.29, 1.82) is 0 Å². The second-order valence-corrected chi connectivity index (χ2v) is 8.76. The molecule has 2 aromatic heterocycles. The number of ether oxygens (including phenoxy) is 1. The standard InChI is InChI=1S/C25H27FN6O/c1-14-7-20-8-17(11-27)24(29-12-16-3-4-16)18-9-23(25(28)30-13-18)33-15(2)21-10-19(26)5-6-22(21)32(20)31-14/h5-7,9-11,13,15-16H,3-4,8,12,27H2,1-2H3,(H2,28,30)/t15-/m1/s1. The van der Waals surface area contributed by atoms with Crippen molar-refractivity contribution < 1.29 is 9.13 Å². The van der Waals surface area contributed by atoms with Crippen molar-refractivity contribution in [3.05, 3.63) is 76.6 Å². The molecule has 33 heavy (non-hydrogen) atoms. The lowest BCUT2D eigenvalue weighted by Gasteiger charge is -2.22. The molecule has 3 heterocycles. The lowest BCUT2D eigenvalue weighted by molar-refractivity contribution is 0.226. The first-order valence-electron chi connectivity index (χ1n) is 11.2. The van der Waals surface area contributed by atoms with Gasteiger partial charge in [0.15, 0.2) is 11.6 Å². The summed E-state index contributed by atoms with van der Waals surface area (Å²) >= 11 is 0. The lowest BCUT2D eigenvalue weighted by atomic mass is 9.99. The summed E-state index contributed by atoms with van der Waals surface area (Å²) in [6, 6.07) is 8.48. The third-order valence-electron chi connectivity index (χ3n) is 6.10. The van der Waals surface area contributed by atoms with E-state index in [1.165, 1.54) is 25.0 Å². The number of nitrogens with two attached hydrogens (primary N) is 2. The van der Waals surface area contributed by atoms with Gasteiger partial charge in [0.25, 0.3) is 0 Å². The van der Waals surface area contributed by atoms with Crippen molar-refractivity contribution in [2.24, 2.45) is 16.6 Å². The summed E-state index contributed by atoms with van der Waals surface area (Å²) in [5.74, 6) is 0.947. The molecule has 5 rings (SSSR count). The monoisotopic (exact) mass is 446 g/mol. The molecule has 1 aromatic carbocycles. The number of aliphatic imine (C=N–C) groups is 1. The number of allylic oxidation sites excluding steroid dienone is 1. The number of pyridine rings is 1. The fourth-order valence-corrected chi connectivity index (χ4v) is 4.18. The highest BCUT2D eigenvalue weighted by Gasteiger charge is 2.25. The fourth-order valence-electron chi connectivity index (χ4n) is 4.18. The van der Waals surface area contributed by atoms with Gasteiger partial charge in [0.2, 0.25) is 0 Å². The maximum Gasteiger partial charge on any atom is 0.166 e. The molecule has 0 unspecified atom stereocenters. The van der Waals surface area contributed by atoms with Gasteiger partial charge in [0, 0.05) is 36.0 Å². The molecule has 170 valence electrons. The molecule has 1 aliphatic heterocycles. The number of nitrogen functional groups attached to an aromatic ring is 1. The highest BCUT2D eigenvalue weighted by atomic mass is 19.1. The number of benzene rings is 1. The number of aromatic nitrogens is 3. The Morgan fingerprint density at radius 3 is 2.85 bits per heavy atom. The van der Waals surface area contributed by atoms with Crippen molar-refractivity contribution in [3.8, 4) is 11.4 Å². The van der Waals surface area contributed by atoms with E-state index in [4.69, 9.17) is 26.3 Å². The molecular weight excluding hydrogens is 419 g/mol. The third-order valence-corrected chi connectivity index (χ3v) is 6.10. The highest BCUT2D eigenvalue weighted by Crippen LogP contribution is 2.34. The zero-order chi connectivity index (χ0) is 23.1. The van der Waals surface area contributed by atoms with Crippen LogP contribution < -0.4 is 16.2 Å². The molecule has 3 aromatic rings. The number of anilines is 1. The van der Waals surface area contributed by atoms with Crippen LogP contribution in [0.2, 0.25) is 0 Å². The molecular formula is C25H27FN6O. The second kappa shape index (κ2) is 8.35. The van der Waals surface area contributed by atoms with Gasteiger partial charge in [0.05, 0.1) is 17.1 Å². The summed E-state index contributed by atoms with van der Waals surface area (Å²) in [5.41, 5.74) is 17.9. The van der Waals surface area contributed by atoms with Crippen LogP contribution in [-0.2, 0) is 6.42 Å². The predicted octanol–water partition coefficient (Wildman–Crippen LogP) is 4.03. The molecule has 1 atom stereocenters. The van der Waals surface area contributed by atoms with E-state index in [9.17, 15) is 4.39 Å². The van der Waals surface area contributed by atoms with Crippen LogP contribution in [0.25, 0.3) is 5.69 Å². The van der Waals surface area contributed by atoms with Crippen molar-refractivity contribution >= 4 is 11.5 Å². The average molecular weight is 447 g/mol. The summed E-state index contributed by atoms with van der Waals surface area (Å²) in [5, 5.41) is 4.70. The van der Waals surface area contributed by atoms with Crippen molar-refractivity contribution in [1.82, 2.24) is 14.8 Å². The SMILES string of the molecule is Cc1cc2n(n1)-c1ccc(F)cc1[C@@H](C)Oc1cc(cnc1N)C(=NCC1CC1)C(=CN)C2. The van der Waals surface area contributed by atoms with Crippen molar-refractivity contribution in [3.63, 3.8) is 0 Å². The number of rotatable bonds is 2. The van der Waals surface area contributed by atoms with Crippen LogP contribution in [0, 0.1) is 18.7 Å². The molecule has 2 bridgehead atoms. The molecule has 7 nitrogen and oxygen atoms in total. The van der Waals surface area contributed by atoms with Crippen LogP contribution >= 0.6 is 0 Å². The smallest absolute Gasteiger partial charge is 0.166 e. The number of hydrogen-bond donors (Lipinski definition) is 2. The third kappa shape index (κ3) is 4.20. The van der Waals surface area contributed by atoms with E-state index in [-0.39, 0.29) is 11.6 Å². The molecule has 2 aliphatic rings. The summed E-state index contributed by atoms with van der Waals surface area (Å²) in [6.45, 7) is 4.53. The molecule has 1 saturated carbocycles. The topological polar surface area (TPSA) is 104 Å². The normalized spacial score (nSPS) is 20.5. The summed E-state index contributed by atoms with van der Waals surface area (Å²) < 4.78 is 22.3. The highest BCUT2D eigenvalue weighted by molar-refractivity contribution is 6.13. The molecule has 1 fully saturated rings. The van der Waals surface area contributed by atoms with E-state index in [1.807, 2.05) is 30.7 Å².